The van der Waals surface area contributed by atoms with Crippen LogP contribution in [0.4, 0.5) is 11.4 Å². The van der Waals surface area contributed by atoms with Crippen LogP contribution < -0.4 is 16.0 Å². The van der Waals surface area contributed by atoms with Gasteiger partial charge in [-0.2, -0.15) is 0 Å². The Morgan fingerprint density at radius 1 is 0.903 bits per heavy atom. The van der Waals surface area contributed by atoms with Crippen molar-refractivity contribution in [1.29, 1.82) is 0 Å². The Morgan fingerprint density at radius 3 is 2.42 bits per heavy atom. The molecule has 0 radical (unpaired) electrons. The van der Waals surface area contributed by atoms with Crippen LogP contribution in [0.2, 0.25) is 0 Å². The SMILES string of the molecule is Cc1ccc(C)c(NC(=O)[C@@H](Nc2cccc(C(=O)NC3CC3)c2)c2ccccc2)c1. The molecular weight excluding hydrogens is 386 g/mol. The molecule has 1 atom stereocenters. The Labute approximate surface area is 182 Å². The summed E-state index contributed by atoms with van der Waals surface area (Å²) in [6, 6.07) is 22.5. The van der Waals surface area contributed by atoms with E-state index in [1.165, 1.54) is 0 Å². The molecule has 0 aliphatic heterocycles. The lowest BCUT2D eigenvalue weighted by atomic mass is 10.0. The molecule has 3 N–H and O–H groups in total. The smallest absolute Gasteiger partial charge is 0.251 e. The van der Waals surface area contributed by atoms with Crippen LogP contribution in [0.15, 0.2) is 72.8 Å². The van der Waals surface area contributed by atoms with Crippen molar-refractivity contribution in [3.63, 3.8) is 0 Å². The highest BCUT2D eigenvalue weighted by Gasteiger charge is 2.25. The van der Waals surface area contributed by atoms with Gasteiger partial charge in [-0.1, -0.05) is 48.5 Å². The second kappa shape index (κ2) is 9.04. The van der Waals surface area contributed by atoms with Crippen molar-refractivity contribution in [2.75, 3.05) is 10.6 Å². The van der Waals surface area contributed by atoms with Crippen molar-refractivity contribution in [1.82, 2.24) is 5.32 Å². The number of benzene rings is 3. The summed E-state index contributed by atoms with van der Waals surface area (Å²) in [6.07, 6.45) is 2.08. The predicted octanol–water partition coefficient (Wildman–Crippen LogP) is 4.99. The van der Waals surface area contributed by atoms with Crippen LogP contribution in [0, 0.1) is 13.8 Å². The maximum Gasteiger partial charge on any atom is 0.251 e. The van der Waals surface area contributed by atoms with Gasteiger partial charge in [-0.3, -0.25) is 9.59 Å². The van der Waals surface area contributed by atoms with Crippen LogP contribution in [0.5, 0.6) is 0 Å². The van der Waals surface area contributed by atoms with Crippen molar-refractivity contribution in [3.05, 3.63) is 95.1 Å². The van der Waals surface area contributed by atoms with Gasteiger partial charge in [0.25, 0.3) is 11.8 Å². The molecule has 4 rings (SSSR count). The molecule has 1 aliphatic rings. The number of rotatable bonds is 7. The maximum atomic E-state index is 13.3. The highest BCUT2D eigenvalue weighted by molar-refractivity contribution is 5.99. The summed E-state index contributed by atoms with van der Waals surface area (Å²) in [6.45, 7) is 3.97. The van der Waals surface area contributed by atoms with Gasteiger partial charge < -0.3 is 16.0 Å². The fourth-order valence-electron chi connectivity index (χ4n) is 3.43. The second-order valence-electron chi connectivity index (χ2n) is 8.12. The molecule has 1 aliphatic carbocycles. The highest BCUT2D eigenvalue weighted by atomic mass is 16.2. The Hall–Kier alpha value is -3.60. The summed E-state index contributed by atoms with van der Waals surface area (Å²) >= 11 is 0. The van der Waals surface area contributed by atoms with Crippen LogP contribution in [-0.4, -0.2) is 17.9 Å². The minimum absolute atomic E-state index is 0.0813. The Balaban J connectivity index is 1.58. The van der Waals surface area contributed by atoms with Gasteiger partial charge in [0, 0.05) is 23.0 Å². The predicted molar refractivity (Wildman–Crippen MR) is 124 cm³/mol. The molecular formula is C26H27N3O2. The van der Waals surface area contributed by atoms with Gasteiger partial charge >= 0.3 is 0 Å². The minimum Gasteiger partial charge on any atom is -0.370 e. The fraction of sp³-hybridized carbons (Fsp3) is 0.231. The number of aryl methyl sites for hydroxylation is 2. The van der Waals surface area contributed by atoms with Gasteiger partial charge in [-0.15, -0.1) is 0 Å². The monoisotopic (exact) mass is 413 g/mol. The zero-order valence-electron chi connectivity index (χ0n) is 17.8. The van der Waals surface area contributed by atoms with E-state index >= 15 is 0 Å². The molecule has 5 heteroatoms. The van der Waals surface area contributed by atoms with E-state index in [2.05, 4.69) is 16.0 Å². The first kappa shape index (κ1) is 20.7. The number of amides is 2. The largest absolute Gasteiger partial charge is 0.370 e. The van der Waals surface area contributed by atoms with E-state index in [1.54, 1.807) is 12.1 Å². The number of nitrogens with one attached hydrogen (secondary N) is 3. The molecule has 0 spiro atoms. The maximum absolute atomic E-state index is 13.3. The first-order valence-corrected chi connectivity index (χ1v) is 10.6. The standard InChI is InChI=1S/C26H27N3O2/c1-17-11-12-18(2)23(15-17)29-26(31)24(19-7-4-3-5-8-19)27-22-10-6-9-20(16-22)25(30)28-21-13-14-21/h3-12,15-16,21,24,27H,13-14H2,1-2H3,(H,28,30)(H,29,31)/t24-/m0/s1. The number of hydrogen-bond acceptors (Lipinski definition) is 3. The van der Waals surface area contributed by atoms with E-state index < -0.39 is 6.04 Å². The topological polar surface area (TPSA) is 70.2 Å². The Kier molecular flexibility index (Phi) is 6.03. The lowest BCUT2D eigenvalue weighted by Crippen LogP contribution is -2.28. The van der Waals surface area contributed by atoms with Crippen LogP contribution in [0.3, 0.4) is 0 Å². The number of carbonyl (C=O) groups excluding carboxylic acids is 2. The zero-order valence-corrected chi connectivity index (χ0v) is 17.8. The second-order valence-corrected chi connectivity index (χ2v) is 8.12. The van der Waals surface area contributed by atoms with E-state index in [0.29, 0.717) is 17.3 Å². The van der Waals surface area contributed by atoms with Gasteiger partial charge in [0.15, 0.2) is 0 Å². The molecule has 0 heterocycles. The summed E-state index contributed by atoms with van der Waals surface area (Å²) in [5.74, 6) is -0.241. The molecule has 1 fully saturated rings. The lowest BCUT2D eigenvalue weighted by molar-refractivity contribution is -0.117. The summed E-state index contributed by atoms with van der Waals surface area (Å²) in [5, 5.41) is 9.39. The van der Waals surface area contributed by atoms with Gasteiger partial charge in [-0.05, 0) is 67.6 Å². The first-order chi connectivity index (χ1) is 15.0. The molecule has 158 valence electrons. The van der Waals surface area contributed by atoms with Gasteiger partial charge in [-0.25, -0.2) is 0 Å². The van der Waals surface area contributed by atoms with Crippen LogP contribution in [0.1, 0.15) is 45.9 Å². The van der Waals surface area contributed by atoms with E-state index in [9.17, 15) is 9.59 Å². The van der Waals surface area contributed by atoms with Gasteiger partial charge in [0.05, 0.1) is 0 Å². The number of anilines is 2. The molecule has 3 aromatic carbocycles. The normalized spacial score (nSPS) is 13.9. The average Bonchev–Trinajstić information content (AvgIpc) is 3.59. The van der Waals surface area contributed by atoms with Crippen molar-refractivity contribution >= 4 is 23.2 Å². The third kappa shape index (κ3) is 5.31. The lowest BCUT2D eigenvalue weighted by Gasteiger charge is -2.21. The summed E-state index contributed by atoms with van der Waals surface area (Å²) < 4.78 is 0. The first-order valence-electron chi connectivity index (χ1n) is 10.6. The molecule has 1 saturated carbocycles. The molecule has 3 aromatic rings. The van der Waals surface area contributed by atoms with Crippen LogP contribution >= 0.6 is 0 Å². The Bertz CT molecular complexity index is 1090. The Morgan fingerprint density at radius 2 is 1.68 bits per heavy atom. The fourth-order valence-corrected chi connectivity index (χ4v) is 3.43. The van der Waals surface area contributed by atoms with E-state index in [-0.39, 0.29) is 11.8 Å². The zero-order chi connectivity index (χ0) is 21.8. The van der Waals surface area contributed by atoms with Crippen molar-refractivity contribution in [2.45, 2.75) is 38.8 Å². The van der Waals surface area contributed by atoms with Crippen molar-refractivity contribution < 1.29 is 9.59 Å². The quantitative estimate of drug-likeness (QED) is 0.511. The minimum atomic E-state index is -0.608. The highest BCUT2D eigenvalue weighted by Crippen LogP contribution is 2.25. The summed E-state index contributed by atoms with van der Waals surface area (Å²) in [5.41, 5.74) is 5.03. The van der Waals surface area contributed by atoms with Crippen LogP contribution in [0.25, 0.3) is 0 Å². The number of carbonyl (C=O) groups is 2. The molecule has 2 amide bonds. The third-order valence-electron chi connectivity index (χ3n) is 5.39. The number of hydrogen-bond donors (Lipinski definition) is 3. The van der Waals surface area contributed by atoms with Gasteiger partial charge in [0.1, 0.15) is 6.04 Å². The molecule has 0 aromatic heterocycles. The van der Waals surface area contributed by atoms with E-state index in [1.807, 2.05) is 74.5 Å². The van der Waals surface area contributed by atoms with E-state index in [0.717, 1.165) is 35.2 Å². The van der Waals surface area contributed by atoms with Crippen molar-refractivity contribution in [3.8, 4) is 0 Å². The van der Waals surface area contributed by atoms with E-state index in [4.69, 9.17) is 0 Å². The molecule has 31 heavy (non-hydrogen) atoms. The molecule has 0 unspecified atom stereocenters. The van der Waals surface area contributed by atoms with Crippen molar-refractivity contribution in [2.24, 2.45) is 0 Å². The molecule has 5 nitrogen and oxygen atoms in total. The molecule has 0 bridgehead atoms. The molecule has 0 saturated heterocycles. The van der Waals surface area contributed by atoms with Gasteiger partial charge in [0.2, 0.25) is 0 Å². The average molecular weight is 414 g/mol. The van der Waals surface area contributed by atoms with Crippen LogP contribution in [-0.2, 0) is 4.79 Å². The third-order valence-corrected chi connectivity index (χ3v) is 5.39. The summed E-state index contributed by atoms with van der Waals surface area (Å²) in [4.78, 5) is 25.7. The summed E-state index contributed by atoms with van der Waals surface area (Å²) in [7, 11) is 0.